The van der Waals surface area contributed by atoms with Gasteiger partial charge < -0.3 is 4.90 Å². The highest BCUT2D eigenvalue weighted by atomic mass is 15.1. The van der Waals surface area contributed by atoms with E-state index in [0.29, 0.717) is 0 Å². The first-order valence-corrected chi connectivity index (χ1v) is 21.7. The van der Waals surface area contributed by atoms with Crippen LogP contribution >= 0.6 is 0 Å². The van der Waals surface area contributed by atoms with E-state index >= 15 is 0 Å². The second-order valence-electron chi connectivity index (χ2n) is 15.6. The van der Waals surface area contributed by atoms with E-state index in [2.05, 4.69) is 242 Å². The third-order valence-electron chi connectivity index (χ3n) is 11.2. The van der Waals surface area contributed by atoms with Crippen molar-refractivity contribution in [1.82, 2.24) is 0 Å². The maximum atomic E-state index is 2.37. The van der Waals surface area contributed by atoms with Crippen molar-refractivity contribution in [2.24, 2.45) is 0 Å². The van der Waals surface area contributed by atoms with Gasteiger partial charge in [0, 0.05) is 17.1 Å². The smallest absolute Gasteiger partial charge is 0.0462 e. The summed E-state index contributed by atoms with van der Waals surface area (Å²) in [7, 11) is 0. The third kappa shape index (κ3) is 11.3. The Kier molecular flexibility index (Phi) is 13.7. The summed E-state index contributed by atoms with van der Waals surface area (Å²) in [5.74, 6) is 0. The van der Waals surface area contributed by atoms with E-state index in [0.717, 1.165) is 23.5 Å². The van der Waals surface area contributed by atoms with Gasteiger partial charge in [-0.1, -0.05) is 233 Å². The molecule has 0 fully saturated rings. The molecule has 0 aliphatic carbocycles. The second kappa shape index (κ2) is 20.7. The van der Waals surface area contributed by atoms with Gasteiger partial charge in [0.05, 0.1) is 0 Å². The molecule has 0 spiro atoms. The zero-order valence-corrected chi connectivity index (χ0v) is 35.1. The van der Waals surface area contributed by atoms with E-state index < -0.39 is 0 Å². The van der Waals surface area contributed by atoms with Crippen molar-refractivity contribution in [3.05, 3.63) is 245 Å². The van der Waals surface area contributed by atoms with Gasteiger partial charge in [0.2, 0.25) is 0 Å². The van der Waals surface area contributed by atoms with E-state index in [4.69, 9.17) is 0 Å². The Morgan fingerprint density at radius 2 is 0.590 bits per heavy atom. The SMILES string of the molecule is CCCCCCc1ccc(N(c2ccc(-c3ccc(C=Cc4ccccc4)cc3)cc2)c2ccc(-c3ccc(C=Cc4ccc(C=Cc5ccccc5)cc4)cc3)cc2)cc1. The average Bonchev–Trinajstić information content (AvgIpc) is 3.33. The predicted octanol–water partition coefficient (Wildman–Crippen LogP) is 17.1. The molecule has 8 aromatic carbocycles. The van der Waals surface area contributed by atoms with E-state index in [9.17, 15) is 0 Å². The molecule has 61 heavy (non-hydrogen) atoms. The molecule has 0 heterocycles. The van der Waals surface area contributed by atoms with Crippen LogP contribution in [0.3, 0.4) is 0 Å². The van der Waals surface area contributed by atoms with Gasteiger partial charge in [0.25, 0.3) is 0 Å². The highest BCUT2D eigenvalue weighted by Crippen LogP contribution is 2.37. The first kappa shape index (κ1) is 40.6. The molecule has 0 saturated heterocycles. The molecule has 0 atom stereocenters. The molecule has 0 saturated carbocycles. The highest BCUT2D eigenvalue weighted by molar-refractivity contribution is 5.81. The zero-order chi connectivity index (χ0) is 41.5. The van der Waals surface area contributed by atoms with E-state index in [1.807, 2.05) is 12.1 Å². The van der Waals surface area contributed by atoms with Crippen LogP contribution in [-0.4, -0.2) is 0 Å². The number of rotatable bonds is 16. The van der Waals surface area contributed by atoms with E-state index in [-0.39, 0.29) is 0 Å². The zero-order valence-electron chi connectivity index (χ0n) is 35.1. The Balaban J connectivity index is 0.969. The van der Waals surface area contributed by atoms with Crippen LogP contribution in [0.4, 0.5) is 17.1 Å². The summed E-state index contributed by atoms with van der Waals surface area (Å²) in [6.07, 6.45) is 19.2. The van der Waals surface area contributed by atoms with Crippen LogP contribution in [0.15, 0.2) is 206 Å². The van der Waals surface area contributed by atoms with Gasteiger partial charge in [-0.15, -0.1) is 0 Å². The lowest BCUT2D eigenvalue weighted by atomic mass is 10.0. The molecule has 1 nitrogen and oxygen atoms in total. The average molecular weight is 788 g/mol. The standard InChI is InChI=1S/C60H53N/c1-2-3-4-7-16-49-31-41-58(42-32-49)61(59-43-37-56(38-44-59)54-33-27-52(28-34-54)20-18-48-14-10-6-11-15-48)60-45-39-57(40-46-60)55-35-29-53(30-36-55)26-25-51-23-21-50(22-24-51)19-17-47-12-8-5-9-13-47/h5-6,8-15,17-46H,2-4,7,16H2,1H3. The number of anilines is 3. The van der Waals surface area contributed by atoms with Gasteiger partial charge in [-0.2, -0.15) is 0 Å². The molecule has 0 N–H and O–H groups in total. The fourth-order valence-corrected chi connectivity index (χ4v) is 7.62. The van der Waals surface area contributed by atoms with Crippen molar-refractivity contribution in [3.8, 4) is 22.3 Å². The van der Waals surface area contributed by atoms with E-state index in [1.165, 1.54) is 86.9 Å². The van der Waals surface area contributed by atoms with Crippen molar-refractivity contribution >= 4 is 53.5 Å². The molecule has 298 valence electrons. The van der Waals surface area contributed by atoms with Crippen molar-refractivity contribution in [2.75, 3.05) is 4.90 Å². The summed E-state index contributed by atoms with van der Waals surface area (Å²) in [5.41, 5.74) is 16.7. The Hall–Kier alpha value is -7.22. The maximum absolute atomic E-state index is 2.37. The lowest BCUT2D eigenvalue weighted by molar-refractivity contribution is 0.667. The van der Waals surface area contributed by atoms with Crippen molar-refractivity contribution < 1.29 is 0 Å². The molecule has 0 aliphatic heterocycles. The minimum Gasteiger partial charge on any atom is -0.311 e. The van der Waals surface area contributed by atoms with Crippen LogP contribution in [0, 0.1) is 0 Å². The molecule has 0 aliphatic rings. The van der Waals surface area contributed by atoms with Gasteiger partial charge in [-0.05, 0) is 110 Å². The number of hydrogen-bond donors (Lipinski definition) is 0. The maximum Gasteiger partial charge on any atom is 0.0462 e. The summed E-state index contributed by atoms with van der Waals surface area (Å²) >= 11 is 0. The molecular formula is C60H53N. The minimum atomic E-state index is 1.12. The van der Waals surface area contributed by atoms with Crippen LogP contribution in [0.5, 0.6) is 0 Å². The summed E-state index contributed by atoms with van der Waals surface area (Å²) in [6.45, 7) is 2.27. The van der Waals surface area contributed by atoms with Crippen LogP contribution in [0.2, 0.25) is 0 Å². The molecule has 0 unspecified atom stereocenters. The summed E-state index contributed by atoms with van der Waals surface area (Å²) in [5, 5.41) is 0. The molecular weight excluding hydrogens is 735 g/mol. The topological polar surface area (TPSA) is 3.24 Å². The number of hydrogen-bond acceptors (Lipinski definition) is 1. The molecule has 8 aromatic rings. The van der Waals surface area contributed by atoms with Gasteiger partial charge in [0.1, 0.15) is 0 Å². The van der Waals surface area contributed by atoms with Crippen molar-refractivity contribution in [2.45, 2.75) is 39.0 Å². The Morgan fingerprint density at radius 3 is 0.934 bits per heavy atom. The van der Waals surface area contributed by atoms with Crippen molar-refractivity contribution in [3.63, 3.8) is 0 Å². The first-order chi connectivity index (χ1) is 30.2. The summed E-state index contributed by atoms with van der Waals surface area (Å²) in [6, 6.07) is 74.3. The Labute approximate surface area is 363 Å². The lowest BCUT2D eigenvalue weighted by Gasteiger charge is -2.26. The Bertz CT molecular complexity index is 2630. The normalized spacial score (nSPS) is 11.5. The fourth-order valence-electron chi connectivity index (χ4n) is 7.62. The quantitative estimate of drug-likeness (QED) is 0.0696. The van der Waals surface area contributed by atoms with Crippen LogP contribution in [-0.2, 0) is 6.42 Å². The third-order valence-corrected chi connectivity index (χ3v) is 11.2. The lowest BCUT2D eigenvalue weighted by Crippen LogP contribution is -2.10. The molecule has 0 aromatic heterocycles. The van der Waals surface area contributed by atoms with Gasteiger partial charge in [-0.3, -0.25) is 0 Å². The fraction of sp³-hybridized carbons (Fsp3) is 0.100. The van der Waals surface area contributed by atoms with Gasteiger partial charge >= 0.3 is 0 Å². The second-order valence-corrected chi connectivity index (χ2v) is 15.6. The van der Waals surface area contributed by atoms with Gasteiger partial charge in [-0.25, -0.2) is 0 Å². The molecule has 0 bridgehead atoms. The van der Waals surface area contributed by atoms with Crippen molar-refractivity contribution in [1.29, 1.82) is 0 Å². The first-order valence-electron chi connectivity index (χ1n) is 21.7. The number of benzene rings is 8. The predicted molar refractivity (Wildman–Crippen MR) is 266 cm³/mol. The number of aryl methyl sites for hydroxylation is 1. The van der Waals surface area contributed by atoms with Crippen LogP contribution < -0.4 is 4.90 Å². The number of unbranched alkanes of at least 4 members (excludes halogenated alkanes) is 3. The van der Waals surface area contributed by atoms with Crippen LogP contribution in [0.1, 0.15) is 71.6 Å². The van der Waals surface area contributed by atoms with Gasteiger partial charge in [0.15, 0.2) is 0 Å². The monoisotopic (exact) mass is 787 g/mol. The highest BCUT2D eigenvalue weighted by Gasteiger charge is 2.14. The minimum absolute atomic E-state index is 1.12. The number of nitrogens with zero attached hydrogens (tertiary/aromatic N) is 1. The van der Waals surface area contributed by atoms with Crippen LogP contribution in [0.25, 0.3) is 58.7 Å². The molecule has 0 amide bonds. The molecule has 8 rings (SSSR count). The summed E-state index contributed by atoms with van der Waals surface area (Å²) < 4.78 is 0. The largest absolute Gasteiger partial charge is 0.311 e. The molecule has 1 heteroatoms. The Morgan fingerprint density at radius 1 is 0.295 bits per heavy atom. The van der Waals surface area contributed by atoms with E-state index in [1.54, 1.807) is 0 Å². The molecule has 0 radical (unpaired) electrons. The summed E-state index contributed by atoms with van der Waals surface area (Å²) in [4.78, 5) is 2.37.